The van der Waals surface area contributed by atoms with E-state index in [0.717, 1.165) is 0 Å². The summed E-state index contributed by atoms with van der Waals surface area (Å²) in [5, 5.41) is 0. The van der Waals surface area contributed by atoms with E-state index in [0.29, 0.717) is 11.3 Å². The summed E-state index contributed by atoms with van der Waals surface area (Å²) in [7, 11) is -2.63. The molecule has 9 heteroatoms. The van der Waals surface area contributed by atoms with Gasteiger partial charge in [-0.3, -0.25) is 0 Å². The predicted octanol–water partition coefficient (Wildman–Crippen LogP) is 3.25. The normalized spacial score (nSPS) is 25.8. The van der Waals surface area contributed by atoms with Crippen LogP contribution in [0, 0.1) is 0 Å². The molecule has 1 aromatic rings. The SMILES string of the molecule is CC1(C)OB(c2cnc(C3(O[Si](C)(C)C)CC(F)(F)C3)nc2)OC1(C)C. The lowest BCUT2D eigenvalue weighted by molar-refractivity contribution is -0.204. The number of hydrogen-bond donors (Lipinski definition) is 0. The van der Waals surface area contributed by atoms with Crippen molar-refractivity contribution in [3.8, 4) is 0 Å². The number of aromatic nitrogens is 2. The van der Waals surface area contributed by atoms with E-state index in [1.165, 1.54) is 0 Å². The fraction of sp³-hybridized carbons (Fsp3) is 0.765. The van der Waals surface area contributed by atoms with Crippen molar-refractivity contribution in [2.45, 2.75) is 82.9 Å². The number of alkyl halides is 2. The van der Waals surface area contributed by atoms with Gasteiger partial charge in [0, 0.05) is 30.7 Å². The van der Waals surface area contributed by atoms with Crippen LogP contribution in [0.1, 0.15) is 46.4 Å². The molecule has 0 spiro atoms. The van der Waals surface area contributed by atoms with Crippen molar-refractivity contribution in [1.82, 2.24) is 9.97 Å². The molecule has 0 N–H and O–H groups in total. The molecule has 1 aliphatic heterocycles. The summed E-state index contributed by atoms with van der Waals surface area (Å²) >= 11 is 0. The Morgan fingerprint density at radius 1 is 1.00 bits per heavy atom. The van der Waals surface area contributed by atoms with E-state index in [1.54, 1.807) is 12.4 Å². The Labute approximate surface area is 155 Å². The van der Waals surface area contributed by atoms with Gasteiger partial charge >= 0.3 is 7.12 Å². The molecule has 0 aromatic carbocycles. The predicted molar refractivity (Wildman–Crippen MR) is 98.0 cm³/mol. The standard InChI is InChI=1S/C17H27BF2N2O3Si/c1-14(2)15(3,4)24-18(23-14)12-8-21-13(22-9-12)16(25-26(5,6)7)10-17(19,20)11-16/h8-9H,10-11H2,1-7H3. The Morgan fingerprint density at radius 3 is 1.85 bits per heavy atom. The van der Waals surface area contributed by atoms with Crippen molar-refractivity contribution in [2.75, 3.05) is 0 Å². The smallest absolute Gasteiger partial charge is 0.404 e. The van der Waals surface area contributed by atoms with Crippen LogP contribution in [0.3, 0.4) is 0 Å². The van der Waals surface area contributed by atoms with Crippen molar-refractivity contribution in [3.05, 3.63) is 18.2 Å². The van der Waals surface area contributed by atoms with Crippen molar-refractivity contribution in [3.63, 3.8) is 0 Å². The molecule has 2 heterocycles. The minimum absolute atomic E-state index is 0.311. The van der Waals surface area contributed by atoms with Crippen LogP contribution in [0.25, 0.3) is 0 Å². The third-order valence-corrected chi connectivity index (χ3v) is 6.20. The van der Waals surface area contributed by atoms with Crippen LogP contribution in [0.4, 0.5) is 8.78 Å². The highest BCUT2D eigenvalue weighted by molar-refractivity contribution is 6.69. The lowest BCUT2D eigenvalue weighted by Gasteiger charge is -2.48. The van der Waals surface area contributed by atoms with Crippen LogP contribution < -0.4 is 5.46 Å². The zero-order chi connectivity index (χ0) is 19.6. The molecule has 0 amide bonds. The van der Waals surface area contributed by atoms with Crippen LogP contribution in [-0.2, 0) is 19.3 Å². The third-order valence-electron chi connectivity index (χ3n) is 5.19. The van der Waals surface area contributed by atoms with Crippen molar-refractivity contribution >= 4 is 20.9 Å². The Bertz CT molecular complexity index is 668. The van der Waals surface area contributed by atoms with Crippen LogP contribution in [-0.4, -0.2) is 42.5 Å². The maximum atomic E-state index is 13.6. The molecule has 0 radical (unpaired) electrons. The average molecular weight is 384 g/mol. The summed E-state index contributed by atoms with van der Waals surface area (Å²) < 4.78 is 45.3. The highest BCUT2D eigenvalue weighted by atomic mass is 28.4. The fourth-order valence-corrected chi connectivity index (χ4v) is 4.73. The van der Waals surface area contributed by atoms with Gasteiger partial charge in [-0.2, -0.15) is 0 Å². The van der Waals surface area contributed by atoms with Crippen molar-refractivity contribution in [2.24, 2.45) is 0 Å². The highest BCUT2D eigenvalue weighted by Crippen LogP contribution is 2.54. The zero-order valence-electron chi connectivity index (χ0n) is 16.5. The second-order valence-corrected chi connectivity index (χ2v) is 13.8. The monoisotopic (exact) mass is 384 g/mol. The van der Waals surface area contributed by atoms with Crippen LogP contribution in [0.5, 0.6) is 0 Å². The molecule has 1 saturated carbocycles. The first-order valence-electron chi connectivity index (χ1n) is 8.91. The van der Waals surface area contributed by atoms with Gasteiger partial charge in [0.1, 0.15) is 5.60 Å². The molecule has 144 valence electrons. The maximum absolute atomic E-state index is 13.6. The first kappa shape index (κ1) is 19.9. The van der Waals surface area contributed by atoms with Crippen LogP contribution >= 0.6 is 0 Å². The number of halogens is 2. The van der Waals surface area contributed by atoms with Gasteiger partial charge in [0.25, 0.3) is 5.92 Å². The second kappa shape index (κ2) is 5.80. The first-order valence-corrected chi connectivity index (χ1v) is 12.3. The van der Waals surface area contributed by atoms with Gasteiger partial charge in [-0.15, -0.1) is 0 Å². The summed E-state index contributed by atoms with van der Waals surface area (Å²) in [6.45, 7) is 13.8. The molecule has 1 aliphatic carbocycles. The van der Waals surface area contributed by atoms with Crippen molar-refractivity contribution in [1.29, 1.82) is 0 Å². The molecule has 5 nitrogen and oxygen atoms in total. The number of hydrogen-bond acceptors (Lipinski definition) is 5. The maximum Gasteiger partial charge on any atom is 0.498 e. The molecule has 1 aromatic heterocycles. The highest BCUT2D eigenvalue weighted by Gasteiger charge is 2.61. The quantitative estimate of drug-likeness (QED) is 0.746. The van der Waals surface area contributed by atoms with Gasteiger partial charge in [-0.1, -0.05) is 0 Å². The van der Waals surface area contributed by atoms with Crippen LogP contribution in [0.15, 0.2) is 12.4 Å². The molecule has 3 rings (SSSR count). The molecule has 0 unspecified atom stereocenters. The van der Waals surface area contributed by atoms with Gasteiger partial charge in [0.2, 0.25) is 0 Å². The summed E-state index contributed by atoms with van der Waals surface area (Å²) in [5.74, 6) is -2.42. The van der Waals surface area contributed by atoms with Gasteiger partial charge < -0.3 is 13.7 Å². The van der Waals surface area contributed by atoms with Crippen molar-refractivity contribution < 1.29 is 22.5 Å². The largest absolute Gasteiger partial charge is 0.498 e. The van der Waals surface area contributed by atoms with E-state index in [2.05, 4.69) is 9.97 Å². The minimum Gasteiger partial charge on any atom is -0.404 e. The van der Waals surface area contributed by atoms with E-state index >= 15 is 0 Å². The lowest BCUT2D eigenvalue weighted by atomic mass is 9.75. The fourth-order valence-electron chi connectivity index (χ4n) is 3.32. The van der Waals surface area contributed by atoms with Crippen LogP contribution in [0.2, 0.25) is 19.6 Å². The van der Waals surface area contributed by atoms with E-state index in [1.807, 2.05) is 47.3 Å². The van der Waals surface area contributed by atoms with E-state index in [4.69, 9.17) is 13.7 Å². The molecule has 2 aliphatic rings. The Hall–Kier alpha value is -0.898. The Morgan fingerprint density at radius 2 is 1.46 bits per heavy atom. The summed E-state index contributed by atoms with van der Waals surface area (Å²) in [6.07, 6.45) is 2.44. The average Bonchev–Trinajstić information content (AvgIpc) is 2.63. The van der Waals surface area contributed by atoms with Gasteiger partial charge in [0.05, 0.1) is 11.2 Å². The molecule has 26 heavy (non-hydrogen) atoms. The Kier molecular flexibility index (Phi) is 4.43. The zero-order valence-corrected chi connectivity index (χ0v) is 17.5. The molecule has 2 fully saturated rings. The lowest BCUT2D eigenvalue weighted by Crippen LogP contribution is -2.56. The van der Waals surface area contributed by atoms with Gasteiger partial charge in [-0.05, 0) is 47.3 Å². The molecule has 0 atom stereocenters. The summed E-state index contributed by atoms with van der Waals surface area (Å²) in [6, 6.07) is 0. The first-order chi connectivity index (χ1) is 11.6. The molecule has 1 saturated heterocycles. The number of rotatable bonds is 4. The van der Waals surface area contributed by atoms with E-state index < -0.39 is 38.2 Å². The van der Waals surface area contributed by atoms with Gasteiger partial charge in [0.15, 0.2) is 14.1 Å². The van der Waals surface area contributed by atoms with E-state index in [-0.39, 0.29) is 12.8 Å². The van der Waals surface area contributed by atoms with E-state index in [9.17, 15) is 8.78 Å². The molecule has 0 bridgehead atoms. The number of nitrogens with zero attached hydrogens (tertiary/aromatic N) is 2. The summed E-state index contributed by atoms with van der Waals surface area (Å²) in [4.78, 5) is 8.71. The Balaban J connectivity index is 1.83. The van der Waals surface area contributed by atoms with Gasteiger partial charge in [-0.25, -0.2) is 18.7 Å². The second-order valence-electron chi connectivity index (χ2n) is 9.35. The third kappa shape index (κ3) is 3.59. The topological polar surface area (TPSA) is 53.5 Å². The summed E-state index contributed by atoms with van der Waals surface area (Å²) in [5.41, 5.74) is -1.35. The molecular weight excluding hydrogens is 357 g/mol. The molecular formula is C17H27BF2N2O3Si. The minimum atomic E-state index is -2.73.